The van der Waals surface area contributed by atoms with Crippen LogP contribution in [0.3, 0.4) is 0 Å². The lowest BCUT2D eigenvalue weighted by molar-refractivity contribution is 0.380. The summed E-state index contributed by atoms with van der Waals surface area (Å²) in [5.41, 5.74) is 0.00472. The van der Waals surface area contributed by atoms with Crippen LogP contribution >= 0.6 is 0 Å². The van der Waals surface area contributed by atoms with Gasteiger partial charge in [0.2, 0.25) is 0 Å². The number of oxazole rings is 1. The molecule has 1 aromatic heterocycles. The summed E-state index contributed by atoms with van der Waals surface area (Å²) in [6.07, 6.45) is 2.76. The topological polar surface area (TPSA) is 26.0 Å². The monoisotopic (exact) mass is 138 g/mol. The molecule has 0 aromatic carbocycles. The quantitative estimate of drug-likeness (QED) is 0.548. The highest BCUT2D eigenvalue weighted by Gasteiger charge is 2.19. The minimum absolute atomic E-state index is 0.00472. The molecule has 1 aromatic rings. The molecule has 0 amide bonds. The van der Waals surface area contributed by atoms with E-state index in [0.29, 0.717) is 0 Å². The van der Waals surface area contributed by atoms with E-state index < -0.39 is 0 Å². The van der Waals surface area contributed by atoms with Gasteiger partial charge in [-0.25, -0.2) is 4.98 Å². The number of hydrogen-bond acceptors (Lipinski definition) is 2. The summed E-state index contributed by atoms with van der Waals surface area (Å²) < 4.78 is 5.28. The molecule has 0 N–H and O–H groups in total. The van der Waals surface area contributed by atoms with Gasteiger partial charge in [0.15, 0.2) is 5.89 Å². The Morgan fingerprint density at radius 1 is 1.40 bits per heavy atom. The maximum Gasteiger partial charge on any atom is 0.200 e. The number of hydrogen-bond donors (Lipinski definition) is 0. The van der Waals surface area contributed by atoms with Gasteiger partial charge in [0, 0.05) is 5.41 Å². The summed E-state index contributed by atoms with van der Waals surface area (Å²) in [6.45, 7) is 8.03. The Morgan fingerprint density at radius 2 is 2.00 bits per heavy atom. The lowest BCUT2D eigenvalue weighted by Crippen LogP contribution is -2.10. The lowest BCUT2D eigenvalue weighted by atomic mass is 9.97. The normalized spacial score (nSPS) is 12.0. The van der Waals surface area contributed by atoms with Gasteiger partial charge in [-0.05, 0) is 6.92 Å². The van der Waals surface area contributed by atoms with Crippen molar-refractivity contribution in [2.24, 2.45) is 0 Å². The molecule has 1 radical (unpaired) electrons. The number of rotatable bonds is 0. The van der Waals surface area contributed by atoms with Gasteiger partial charge in [0.25, 0.3) is 0 Å². The molecule has 1 heterocycles. The first-order valence-electron chi connectivity index (χ1n) is 3.36. The van der Waals surface area contributed by atoms with Crippen molar-refractivity contribution < 1.29 is 4.42 Å². The summed E-state index contributed by atoms with van der Waals surface area (Å²) in [5.74, 6) is 1.51. The van der Waals surface area contributed by atoms with Gasteiger partial charge < -0.3 is 4.42 Å². The molecule has 0 atom stereocenters. The molecule has 0 spiro atoms. The van der Waals surface area contributed by atoms with Crippen LogP contribution in [0.25, 0.3) is 0 Å². The van der Waals surface area contributed by atoms with Crippen LogP contribution in [0.4, 0.5) is 0 Å². The lowest BCUT2D eigenvalue weighted by Gasteiger charge is -2.11. The van der Waals surface area contributed by atoms with E-state index in [0.717, 1.165) is 11.7 Å². The molecule has 0 aliphatic carbocycles. The second-order valence-electron chi connectivity index (χ2n) is 3.44. The van der Waals surface area contributed by atoms with Crippen molar-refractivity contribution in [3.8, 4) is 0 Å². The first-order valence-corrected chi connectivity index (χ1v) is 3.36. The molecule has 55 valence electrons. The Balaban J connectivity index is 2.96. The van der Waals surface area contributed by atoms with E-state index in [4.69, 9.17) is 4.42 Å². The van der Waals surface area contributed by atoms with Crippen molar-refractivity contribution >= 4 is 0 Å². The van der Waals surface area contributed by atoms with Gasteiger partial charge in [-0.1, -0.05) is 20.8 Å². The van der Waals surface area contributed by atoms with Gasteiger partial charge in [-0.15, -0.1) is 0 Å². The summed E-state index contributed by atoms with van der Waals surface area (Å²) in [5, 5.41) is 0. The van der Waals surface area contributed by atoms with Crippen molar-refractivity contribution in [2.45, 2.75) is 33.1 Å². The molecule has 10 heavy (non-hydrogen) atoms. The van der Waals surface area contributed by atoms with Crippen LogP contribution in [0.15, 0.2) is 4.42 Å². The first kappa shape index (κ1) is 7.32. The van der Waals surface area contributed by atoms with Crippen molar-refractivity contribution in [1.82, 2.24) is 4.98 Å². The van der Waals surface area contributed by atoms with Crippen molar-refractivity contribution in [1.29, 1.82) is 0 Å². The van der Waals surface area contributed by atoms with E-state index in [1.807, 2.05) is 6.92 Å². The predicted molar refractivity (Wildman–Crippen MR) is 38.8 cm³/mol. The standard InChI is InChI=1S/C8H12NO/c1-6-5-9-7(10-6)8(2,3)4/h1-4H3. The highest BCUT2D eigenvalue weighted by atomic mass is 16.4. The Kier molecular flexibility index (Phi) is 1.55. The van der Waals surface area contributed by atoms with E-state index in [2.05, 4.69) is 32.0 Å². The van der Waals surface area contributed by atoms with E-state index in [9.17, 15) is 0 Å². The molecule has 1 rings (SSSR count). The largest absolute Gasteiger partial charge is 0.445 e. The third-order valence-electron chi connectivity index (χ3n) is 1.21. The second kappa shape index (κ2) is 2.11. The molecule has 0 saturated carbocycles. The number of aromatic nitrogens is 1. The zero-order chi connectivity index (χ0) is 7.78. The average molecular weight is 138 g/mol. The van der Waals surface area contributed by atoms with Gasteiger partial charge >= 0.3 is 0 Å². The van der Waals surface area contributed by atoms with Crippen molar-refractivity contribution in [2.75, 3.05) is 0 Å². The maximum atomic E-state index is 5.28. The summed E-state index contributed by atoms with van der Waals surface area (Å²) in [6, 6.07) is 0. The van der Waals surface area contributed by atoms with Crippen molar-refractivity contribution in [3.63, 3.8) is 0 Å². The van der Waals surface area contributed by atoms with E-state index >= 15 is 0 Å². The number of aryl methyl sites for hydroxylation is 1. The highest BCUT2D eigenvalue weighted by molar-refractivity contribution is 4.99. The fourth-order valence-electron chi connectivity index (χ4n) is 0.641. The fraction of sp³-hybridized carbons (Fsp3) is 0.625. The number of nitrogens with zero attached hydrogens (tertiary/aromatic N) is 1. The van der Waals surface area contributed by atoms with Crippen LogP contribution in [0.2, 0.25) is 0 Å². The van der Waals surface area contributed by atoms with Crippen LogP contribution < -0.4 is 0 Å². The van der Waals surface area contributed by atoms with Gasteiger partial charge in [-0.3, -0.25) is 0 Å². The van der Waals surface area contributed by atoms with Gasteiger partial charge in [0.1, 0.15) is 12.0 Å². The molecule has 2 heteroatoms. The molecule has 0 aliphatic heterocycles. The molecular formula is C8H12NO. The zero-order valence-electron chi connectivity index (χ0n) is 6.86. The average Bonchev–Trinajstić information content (AvgIpc) is 2.11. The fourth-order valence-corrected chi connectivity index (χ4v) is 0.641. The van der Waals surface area contributed by atoms with Crippen LogP contribution in [-0.4, -0.2) is 4.98 Å². The van der Waals surface area contributed by atoms with Crippen LogP contribution in [0, 0.1) is 13.1 Å². The Morgan fingerprint density at radius 3 is 2.20 bits per heavy atom. The smallest absolute Gasteiger partial charge is 0.200 e. The van der Waals surface area contributed by atoms with Crippen LogP contribution in [0.1, 0.15) is 32.4 Å². The minimum atomic E-state index is 0.00472. The summed E-state index contributed by atoms with van der Waals surface area (Å²) >= 11 is 0. The molecule has 0 bridgehead atoms. The van der Waals surface area contributed by atoms with Gasteiger partial charge in [-0.2, -0.15) is 0 Å². The molecule has 0 saturated heterocycles. The highest BCUT2D eigenvalue weighted by Crippen LogP contribution is 2.20. The van der Waals surface area contributed by atoms with E-state index in [1.165, 1.54) is 0 Å². The SMILES string of the molecule is Cc1[c]nc(C(C)(C)C)o1. The first-order chi connectivity index (χ1) is 4.50. The minimum Gasteiger partial charge on any atom is -0.445 e. The third kappa shape index (κ3) is 1.38. The molecule has 2 nitrogen and oxygen atoms in total. The summed E-state index contributed by atoms with van der Waals surface area (Å²) in [4.78, 5) is 4.00. The maximum absolute atomic E-state index is 5.28. The molecule has 0 aliphatic rings. The molecular weight excluding hydrogens is 126 g/mol. The summed E-state index contributed by atoms with van der Waals surface area (Å²) in [7, 11) is 0. The Hall–Kier alpha value is -0.790. The zero-order valence-corrected chi connectivity index (χ0v) is 6.86. The Labute approximate surface area is 61.3 Å². The molecule has 0 fully saturated rings. The second-order valence-corrected chi connectivity index (χ2v) is 3.44. The van der Waals surface area contributed by atoms with E-state index in [-0.39, 0.29) is 5.41 Å². The Bertz CT molecular complexity index is 219. The van der Waals surface area contributed by atoms with E-state index in [1.54, 1.807) is 0 Å². The van der Waals surface area contributed by atoms with Gasteiger partial charge in [0.05, 0.1) is 0 Å². The third-order valence-corrected chi connectivity index (χ3v) is 1.21. The predicted octanol–water partition coefficient (Wildman–Crippen LogP) is 2.08. The van der Waals surface area contributed by atoms with Crippen LogP contribution in [-0.2, 0) is 5.41 Å². The van der Waals surface area contributed by atoms with Crippen LogP contribution in [0.5, 0.6) is 0 Å². The molecule has 0 unspecified atom stereocenters. The van der Waals surface area contributed by atoms with Crippen molar-refractivity contribution in [3.05, 3.63) is 17.8 Å².